The number of ether oxygens (including phenoxy) is 2. The van der Waals surface area contributed by atoms with Gasteiger partial charge in [-0.05, 0) is 32.4 Å². The zero-order valence-corrected chi connectivity index (χ0v) is 17.6. The quantitative estimate of drug-likeness (QED) is 0.556. The highest BCUT2D eigenvalue weighted by atomic mass is 32.2. The van der Waals surface area contributed by atoms with Crippen molar-refractivity contribution >= 4 is 15.9 Å². The van der Waals surface area contributed by atoms with Crippen molar-refractivity contribution in [3.05, 3.63) is 29.8 Å². The normalized spacial score (nSPS) is 18.7. The first-order valence-corrected chi connectivity index (χ1v) is 11.0. The summed E-state index contributed by atoms with van der Waals surface area (Å²) in [4.78, 5) is 12.5. The van der Waals surface area contributed by atoms with Crippen LogP contribution in [0.15, 0.2) is 29.2 Å². The highest BCUT2D eigenvalue weighted by Crippen LogP contribution is 2.29. The second-order valence-electron chi connectivity index (χ2n) is 7.44. The van der Waals surface area contributed by atoms with Crippen LogP contribution in [0.2, 0.25) is 0 Å². The lowest BCUT2D eigenvalue weighted by Gasteiger charge is -2.28. The number of rotatable bonds is 11. The van der Waals surface area contributed by atoms with Crippen molar-refractivity contribution in [2.75, 3.05) is 19.8 Å². The van der Waals surface area contributed by atoms with Crippen LogP contribution in [0.4, 0.5) is 0 Å². The minimum atomic E-state index is -3.98. The zero-order chi connectivity index (χ0) is 20.8. The van der Waals surface area contributed by atoms with Crippen LogP contribution >= 0.6 is 0 Å². The SMILES string of the molecule is CCCCC(C)(O)C(=O)CCC1(COS(=O)(=O)c2ccc(C)cc2)OCCO1. The molecule has 8 heteroatoms. The Hall–Kier alpha value is -1.32. The fourth-order valence-corrected chi connectivity index (χ4v) is 3.91. The maximum absolute atomic E-state index is 12.4. The largest absolute Gasteiger partial charge is 0.382 e. The smallest absolute Gasteiger partial charge is 0.297 e. The van der Waals surface area contributed by atoms with Gasteiger partial charge in [0.15, 0.2) is 11.6 Å². The van der Waals surface area contributed by atoms with Crippen molar-refractivity contribution in [1.82, 2.24) is 0 Å². The number of hydrogen-bond donors (Lipinski definition) is 1. The molecule has 1 aromatic carbocycles. The van der Waals surface area contributed by atoms with Gasteiger partial charge in [0.1, 0.15) is 12.2 Å². The molecule has 1 heterocycles. The Kier molecular flexibility index (Phi) is 7.75. The van der Waals surface area contributed by atoms with Gasteiger partial charge < -0.3 is 14.6 Å². The summed E-state index contributed by atoms with van der Waals surface area (Å²) in [5.74, 6) is -1.63. The summed E-state index contributed by atoms with van der Waals surface area (Å²) in [6.45, 7) is 5.57. The monoisotopic (exact) mass is 414 g/mol. The molecular formula is C20H30O7S. The third-order valence-electron chi connectivity index (χ3n) is 4.91. The van der Waals surface area contributed by atoms with Crippen LogP contribution in [-0.2, 0) is 28.6 Å². The molecule has 1 unspecified atom stereocenters. The molecule has 7 nitrogen and oxygen atoms in total. The van der Waals surface area contributed by atoms with Gasteiger partial charge >= 0.3 is 0 Å². The van der Waals surface area contributed by atoms with E-state index in [-0.39, 0.29) is 43.3 Å². The van der Waals surface area contributed by atoms with Gasteiger partial charge in [-0.25, -0.2) is 0 Å². The first kappa shape index (κ1) is 23.0. The molecule has 1 aromatic rings. The van der Waals surface area contributed by atoms with Crippen molar-refractivity contribution in [1.29, 1.82) is 0 Å². The van der Waals surface area contributed by atoms with Crippen LogP contribution in [0.5, 0.6) is 0 Å². The molecule has 0 aromatic heterocycles. The average Bonchev–Trinajstić information content (AvgIpc) is 3.13. The third kappa shape index (κ3) is 6.09. The van der Waals surface area contributed by atoms with E-state index in [2.05, 4.69) is 0 Å². The number of unbranched alkanes of at least 4 members (excludes halogenated alkanes) is 1. The van der Waals surface area contributed by atoms with Gasteiger partial charge in [0.2, 0.25) is 0 Å². The molecule has 1 N–H and O–H groups in total. The molecule has 1 aliphatic heterocycles. The van der Waals surface area contributed by atoms with Crippen LogP contribution in [-0.4, -0.2) is 50.5 Å². The van der Waals surface area contributed by atoms with Crippen LogP contribution in [0.1, 0.15) is 51.5 Å². The molecule has 1 saturated heterocycles. The van der Waals surface area contributed by atoms with Crippen LogP contribution in [0.25, 0.3) is 0 Å². The molecule has 0 radical (unpaired) electrons. The third-order valence-corrected chi connectivity index (χ3v) is 6.19. The van der Waals surface area contributed by atoms with Crippen molar-refractivity contribution in [3.63, 3.8) is 0 Å². The van der Waals surface area contributed by atoms with E-state index in [0.29, 0.717) is 6.42 Å². The van der Waals surface area contributed by atoms with Gasteiger partial charge in [0.05, 0.1) is 18.1 Å². The number of benzene rings is 1. The molecule has 0 amide bonds. The van der Waals surface area contributed by atoms with E-state index in [0.717, 1.165) is 18.4 Å². The summed E-state index contributed by atoms with van der Waals surface area (Å²) in [5, 5.41) is 10.3. The maximum Gasteiger partial charge on any atom is 0.297 e. The lowest BCUT2D eigenvalue weighted by atomic mass is 9.90. The maximum atomic E-state index is 12.4. The van der Waals surface area contributed by atoms with Crippen LogP contribution in [0.3, 0.4) is 0 Å². The molecular weight excluding hydrogens is 384 g/mol. The molecule has 28 heavy (non-hydrogen) atoms. The summed E-state index contributed by atoms with van der Waals surface area (Å²) < 4.78 is 41.2. The van der Waals surface area contributed by atoms with Gasteiger partial charge in [0, 0.05) is 12.8 Å². The standard InChI is InChI=1S/C20H30O7S/c1-4-5-11-19(3,22)18(21)10-12-20(25-13-14-26-20)15-27-28(23,24)17-8-6-16(2)7-9-17/h6-9,22H,4-5,10-15H2,1-3H3. The predicted molar refractivity (Wildman–Crippen MR) is 103 cm³/mol. The summed E-state index contributed by atoms with van der Waals surface area (Å²) in [6, 6.07) is 6.32. The zero-order valence-electron chi connectivity index (χ0n) is 16.8. The Balaban J connectivity index is 2.00. The first-order valence-electron chi connectivity index (χ1n) is 9.60. The van der Waals surface area contributed by atoms with E-state index in [4.69, 9.17) is 13.7 Å². The Morgan fingerprint density at radius 2 is 1.86 bits per heavy atom. The number of aryl methyl sites for hydroxylation is 1. The summed E-state index contributed by atoms with van der Waals surface area (Å²) in [5.41, 5.74) is -0.475. The average molecular weight is 415 g/mol. The Bertz CT molecular complexity index is 747. The summed E-state index contributed by atoms with van der Waals surface area (Å²) >= 11 is 0. The van der Waals surface area contributed by atoms with E-state index in [1.807, 2.05) is 13.8 Å². The number of ketones is 1. The minimum absolute atomic E-state index is 0.00462. The Labute approximate surface area is 167 Å². The topological polar surface area (TPSA) is 99.1 Å². The van der Waals surface area contributed by atoms with E-state index in [9.17, 15) is 18.3 Å². The predicted octanol–water partition coefficient (Wildman–Crippen LogP) is 2.73. The molecule has 1 fully saturated rings. The highest BCUT2D eigenvalue weighted by molar-refractivity contribution is 7.86. The number of carbonyl (C=O) groups is 1. The molecule has 0 spiro atoms. The Morgan fingerprint density at radius 3 is 2.43 bits per heavy atom. The van der Waals surface area contributed by atoms with E-state index in [1.54, 1.807) is 12.1 Å². The highest BCUT2D eigenvalue weighted by Gasteiger charge is 2.41. The number of carbonyl (C=O) groups excluding carboxylic acids is 1. The van der Waals surface area contributed by atoms with Crippen molar-refractivity contribution in [2.45, 2.75) is 69.2 Å². The molecule has 2 rings (SSSR count). The van der Waals surface area contributed by atoms with E-state index >= 15 is 0 Å². The van der Waals surface area contributed by atoms with Crippen molar-refractivity contribution < 1.29 is 32.0 Å². The molecule has 0 saturated carbocycles. The molecule has 1 atom stereocenters. The second-order valence-corrected chi connectivity index (χ2v) is 9.05. The molecule has 1 aliphatic rings. The first-order chi connectivity index (χ1) is 13.1. The van der Waals surface area contributed by atoms with Gasteiger partial charge in [-0.3, -0.25) is 8.98 Å². The fourth-order valence-electron chi connectivity index (χ4n) is 2.97. The molecule has 0 aliphatic carbocycles. The van der Waals surface area contributed by atoms with Gasteiger partial charge in [0.25, 0.3) is 10.1 Å². The van der Waals surface area contributed by atoms with Crippen molar-refractivity contribution in [3.8, 4) is 0 Å². The number of hydrogen-bond acceptors (Lipinski definition) is 7. The summed E-state index contributed by atoms with van der Waals surface area (Å²) in [7, 11) is -3.98. The lowest BCUT2D eigenvalue weighted by molar-refractivity contribution is -0.184. The fraction of sp³-hybridized carbons (Fsp3) is 0.650. The number of aliphatic hydroxyl groups is 1. The van der Waals surface area contributed by atoms with Crippen LogP contribution < -0.4 is 0 Å². The van der Waals surface area contributed by atoms with E-state index < -0.39 is 21.5 Å². The number of Topliss-reactive ketones (excluding diaryl/α,β-unsaturated/α-hetero) is 1. The van der Waals surface area contributed by atoms with Crippen molar-refractivity contribution in [2.24, 2.45) is 0 Å². The Morgan fingerprint density at radius 1 is 1.25 bits per heavy atom. The minimum Gasteiger partial charge on any atom is -0.382 e. The molecule has 0 bridgehead atoms. The van der Waals surface area contributed by atoms with Gasteiger partial charge in [-0.2, -0.15) is 8.42 Å². The van der Waals surface area contributed by atoms with E-state index in [1.165, 1.54) is 19.1 Å². The van der Waals surface area contributed by atoms with Gasteiger partial charge in [-0.1, -0.05) is 37.5 Å². The van der Waals surface area contributed by atoms with Crippen LogP contribution in [0, 0.1) is 6.92 Å². The summed E-state index contributed by atoms with van der Waals surface area (Å²) in [6.07, 6.45) is 2.12. The lowest BCUT2D eigenvalue weighted by Crippen LogP contribution is -2.40. The van der Waals surface area contributed by atoms with Gasteiger partial charge in [-0.15, -0.1) is 0 Å². The second kappa shape index (κ2) is 9.45. The molecule has 158 valence electrons.